The summed E-state index contributed by atoms with van der Waals surface area (Å²) in [5.74, 6) is 1.91. The Morgan fingerprint density at radius 1 is 1.40 bits per heavy atom. The number of hydrogen-bond donors (Lipinski definition) is 2. The molecule has 1 aromatic rings. The van der Waals surface area contributed by atoms with E-state index in [4.69, 9.17) is 14.2 Å². The van der Waals surface area contributed by atoms with Gasteiger partial charge < -0.3 is 24.8 Å². The average Bonchev–Trinajstić information content (AvgIpc) is 2.60. The number of rotatable bonds is 8. The molecular formula is C18H29ClN2O4. The van der Waals surface area contributed by atoms with Crippen LogP contribution in [-0.4, -0.2) is 45.4 Å². The minimum Gasteiger partial charge on any atom is -0.493 e. The van der Waals surface area contributed by atoms with Gasteiger partial charge in [-0.3, -0.25) is 4.79 Å². The second kappa shape index (κ2) is 11.2. The first kappa shape index (κ1) is 21.5. The summed E-state index contributed by atoms with van der Waals surface area (Å²) in [6.45, 7) is 7.33. The maximum Gasteiger partial charge on any atom is 0.250 e. The van der Waals surface area contributed by atoms with E-state index in [2.05, 4.69) is 24.5 Å². The maximum absolute atomic E-state index is 12.1. The molecule has 1 aliphatic heterocycles. The summed E-state index contributed by atoms with van der Waals surface area (Å²) >= 11 is 0. The zero-order valence-electron chi connectivity index (χ0n) is 15.2. The van der Waals surface area contributed by atoms with Crippen molar-refractivity contribution >= 4 is 18.3 Å². The fourth-order valence-corrected chi connectivity index (χ4v) is 2.38. The topological polar surface area (TPSA) is 68.8 Å². The molecule has 1 unspecified atom stereocenters. The van der Waals surface area contributed by atoms with Gasteiger partial charge in [0.25, 0.3) is 5.91 Å². The van der Waals surface area contributed by atoms with Crippen LogP contribution in [0.5, 0.6) is 11.5 Å². The number of nitrogens with one attached hydrogen (secondary N) is 2. The summed E-state index contributed by atoms with van der Waals surface area (Å²) in [7, 11) is 1.62. The van der Waals surface area contributed by atoms with Gasteiger partial charge >= 0.3 is 0 Å². The van der Waals surface area contributed by atoms with Gasteiger partial charge in [-0.1, -0.05) is 19.9 Å². The highest BCUT2D eigenvalue weighted by atomic mass is 35.5. The number of methoxy groups -OCH3 is 1. The van der Waals surface area contributed by atoms with E-state index in [1.54, 1.807) is 7.11 Å². The number of hydrogen-bond acceptors (Lipinski definition) is 5. The molecule has 142 valence electrons. The monoisotopic (exact) mass is 372 g/mol. The summed E-state index contributed by atoms with van der Waals surface area (Å²) in [6, 6.07) is 5.72. The zero-order chi connectivity index (χ0) is 17.4. The van der Waals surface area contributed by atoms with Gasteiger partial charge in [0, 0.05) is 19.6 Å². The summed E-state index contributed by atoms with van der Waals surface area (Å²) in [5.41, 5.74) is 0.958. The van der Waals surface area contributed by atoms with Crippen molar-refractivity contribution in [2.45, 2.75) is 32.9 Å². The van der Waals surface area contributed by atoms with Gasteiger partial charge in [-0.25, -0.2) is 0 Å². The molecule has 1 saturated heterocycles. The number of morpholine rings is 1. The van der Waals surface area contributed by atoms with Gasteiger partial charge in [0.1, 0.15) is 6.10 Å². The van der Waals surface area contributed by atoms with Crippen molar-refractivity contribution in [1.29, 1.82) is 0 Å². The predicted octanol–water partition coefficient (Wildman–Crippen LogP) is 2.15. The Hall–Kier alpha value is -1.50. The Bertz CT molecular complexity index is 534. The van der Waals surface area contributed by atoms with Crippen LogP contribution in [0, 0.1) is 5.92 Å². The number of ether oxygens (including phenoxy) is 3. The Labute approximate surface area is 156 Å². The van der Waals surface area contributed by atoms with Crippen molar-refractivity contribution in [3.63, 3.8) is 0 Å². The molecular weight excluding hydrogens is 344 g/mol. The van der Waals surface area contributed by atoms with Gasteiger partial charge in [0.05, 0.1) is 20.3 Å². The first-order valence-electron chi connectivity index (χ1n) is 8.50. The van der Waals surface area contributed by atoms with E-state index in [1.165, 1.54) is 0 Å². The molecule has 0 saturated carbocycles. The van der Waals surface area contributed by atoms with E-state index in [1.807, 2.05) is 18.2 Å². The third-order valence-electron chi connectivity index (χ3n) is 3.87. The maximum atomic E-state index is 12.1. The first-order valence-corrected chi connectivity index (χ1v) is 8.50. The van der Waals surface area contributed by atoms with E-state index >= 15 is 0 Å². The Morgan fingerprint density at radius 3 is 2.84 bits per heavy atom. The van der Waals surface area contributed by atoms with Gasteiger partial charge in [-0.15, -0.1) is 12.4 Å². The molecule has 25 heavy (non-hydrogen) atoms. The number of carbonyl (C=O) groups is 1. The first-order chi connectivity index (χ1) is 11.6. The molecule has 6 nitrogen and oxygen atoms in total. The molecule has 1 atom stereocenters. The molecule has 0 radical (unpaired) electrons. The highest BCUT2D eigenvalue weighted by Crippen LogP contribution is 2.28. The summed E-state index contributed by atoms with van der Waals surface area (Å²) in [4.78, 5) is 12.1. The largest absolute Gasteiger partial charge is 0.493 e. The lowest BCUT2D eigenvalue weighted by molar-refractivity contribution is -0.134. The van der Waals surface area contributed by atoms with E-state index in [-0.39, 0.29) is 18.3 Å². The van der Waals surface area contributed by atoms with E-state index in [0.717, 1.165) is 24.3 Å². The van der Waals surface area contributed by atoms with Crippen molar-refractivity contribution in [1.82, 2.24) is 10.6 Å². The Morgan fingerprint density at radius 2 is 2.20 bits per heavy atom. The minimum atomic E-state index is -0.417. The third kappa shape index (κ3) is 7.10. The molecule has 0 bridgehead atoms. The van der Waals surface area contributed by atoms with Crippen molar-refractivity contribution in [2.75, 3.05) is 33.4 Å². The normalized spacial score (nSPS) is 16.9. The molecule has 1 heterocycles. The standard InChI is InChI=1S/C18H28N2O4.ClH/c1-13(2)6-8-23-15-5-4-14(10-16(15)22-3)11-20-18(21)17-12-19-7-9-24-17;/h4-5,10,13,17,19H,6-9,11-12H2,1-3H3,(H,20,21);1H. The van der Waals surface area contributed by atoms with Crippen LogP contribution in [0.4, 0.5) is 0 Å². The summed E-state index contributed by atoms with van der Waals surface area (Å²) in [6.07, 6.45) is 0.579. The lowest BCUT2D eigenvalue weighted by Crippen LogP contribution is -2.47. The zero-order valence-corrected chi connectivity index (χ0v) is 16.0. The van der Waals surface area contributed by atoms with E-state index in [0.29, 0.717) is 38.0 Å². The van der Waals surface area contributed by atoms with Crippen LogP contribution in [0.15, 0.2) is 18.2 Å². The van der Waals surface area contributed by atoms with Crippen LogP contribution in [0.1, 0.15) is 25.8 Å². The van der Waals surface area contributed by atoms with Gasteiger partial charge in [0.15, 0.2) is 11.5 Å². The molecule has 1 aliphatic rings. The molecule has 1 aromatic carbocycles. The molecule has 1 amide bonds. The number of halogens is 1. The van der Waals surface area contributed by atoms with Crippen LogP contribution < -0.4 is 20.1 Å². The minimum absolute atomic E-state index is 0. The van der Waals surface area contributed by atoms with E-state index < -0.39 is 6.10 Å². The fourth-order valence-electron chi connectivity index (χ4n) is 2.38. The average molecular weight is 373 g/mol. The van der Waals surface area contributed by atoms with Crippen LogP contribution in [0.2, 0.25) is 0 Å². The van der Waals surface area contributed by atoms with Crippen LogP contribution in [0.25, 0.3) is 0 Å². The molecule has 0 aromatic heterocycles. The molecule has 0 aliphatic carbocycles. The Balaban J connectivity index is 0.00000312. The van der Waals surface area contributed by atoms with Crippen molar-refractivity contribution in [3.8, 4) is 11.5 Å². The van der Waals surface area contributed by atoms with Gasteiger partial charge in [-0.2, -0.15) is 0 Å². The predicted molar refractivity (Wildman–Crippen MR) is 99.6 cm³/mol. The molecule has 1 fully saturated rings. The second-order valence-electron chi connectivity index (χ2n) is 6.30. The fraction of sp³-hybridized carbons (Fsp3) is 0.611. The Kier molecular flexibility index (Phi) is 9.63. The van der Waals surface area contributed by atoms with Gasteiger partial charge in [-0.05, 0) is 30.0 Å². The molecule has 7 heteroatoms. The smallest absolute Gasteiger partial charge is 0.250 e. The highest BCUT2D eigenvalue weighted by Gasteiger charge is 2.21. The highest BCUT2D eigenvalue weighted by molar-refractivity contribution is 5.85. The third-order valence-corrected chi connectivity index (χ3v) is 3.87. The van der Waals surface area contributed by atoms with E-state index in [9.17, 15) is 4.79 Å². The van der Waals surface area contributed by atoms with Crippen molar-refractivity contribution in [3.05, 3.63) is 23.8 Å². The van der Waals surface area contributed by atoms with Crippen molar-refractivity contribution in [2.24, 2.45) is 5.92 Å². The van der Waals surface area contributed by atoms with Crippen LogP contribution in [0.3, 0.4) is 0 Å². The SMILES string of the molecule is COc1cc(CNC(=O)C2CNCCO2)ccc1OCCC(C)C.Cl. The lowest BCUT2D eigenvalue weighted by atomic mass is 10.1. The van der Waals surface area contributed by atoms with Crippen LogP contribution in [-0.2, 0) is 16.1 Å². The number of carbonyl (C=O) groups excluding carboxylic acids is 1. The van der Waals surface area contributed by atoms with Crippen LogP contribution >= 0.6 is 12.4 Å². The second-order valence-corrected chi connectivity index (χ2v) is 6.30. The summed E-state index contributed by atoms with van der Waals surface area (Å²) < 4.78 is 16.6. The van der Waals surface area contributed by atoms with Crippen molar-refractivity contribution < 1.29 is 19.0 Å². The summed E-state index contributed by atoms with van der Waals surface area (Å²) in [5, 5.41) is 6.04. The molecule has 0 spiro atoms. The lowest BCUT2D eigenvalue weighted by Gasteiger charge is -2.22. The number of amides is 1. The molecule has 2 rings (SSSR count). The van der Waals surface area contributed by atoms with Gasteiger partial charge in [0.2, 0.25) is 0 Å². The quantitative estimate of drug-likeness (QED) is 0.731. The number of benzene rings is 1. The molecule has 2 N–H and O–H groups in total.